The lowest BCUT2D eigenvalue weighted by Gasteiger charge is -2.20. The Bertz CT molecular complexity index is 1550. The summed E-state index contributed by atoms with van der Waals surface area (Å²) in [5.41, 5.74) is 4.12. The van der Waals surface area contributed by atoms with Gasteiger partial charge in [-0.05, 0) is 66.1 Å². The van der Waals surface area contributed by atoms with E-state index in [9.17, 15) is 13.2 Å². The van der Waals surface area contributed by atoms with E-state index in [2.05, 4.69) is 10.3 Å². The molecule has 0 saturated carbocycles. The molecule has 0 fully saturated rings. The second kappa shape index (κ2) is 10.1. The Morgan fingerprint density at radius 3 is 2.68 bits per heavy atom. The van der Waals surface area contributed by atoms with Crippen LogP contribution in [0.5, 0.6) is 5.75 Å². The summed E-state index contributed by atoms with van der Waals surface area (Å²) in [5.74, 6) is -0.525. The molecule has 0 amide bonds. The normalized spacial score (nSPS) is 14.9. The number of ether oxygens (including phenoxy) is 1. The average molecular weight is 518 g/mol. The predicted octanol–water partition coefficient (Wildman–Crippen LogP) is 5.01. The van der Waals surface area contributed by atoms with Crippen molar-refractivity contribution in [2.75, 3.05) is 23.3 Å². The lowest BCUT2D eigenvalue weighted by atomic mass is 9.96. The van der Waals surface area contributed by atoms with Gasteiger partial charge < -0.3 is 15.2 Å². The van der Waals surface area contributed by atoms with E-state index >= 15 is 0 Å². The third kappa shape index (κ3) is 5.08. The second-order valence-corrected chi connectivity index (χ2v) is 10.9. The van der Waals surface area contributed by atoms with Crippen molar-refractivity contribution in [1.29, 1.82) is 0 Å². The van der Waals surface area contributed by atoms with E-state index in [4.69, 9.17) is 9.84 Å². The van der Waals surface area contributed by atoms with Gasteiger partial charge in [-0.25, -0.2) is 8.42 Å². The summed E-state index contributed by atoms with van der Waals surface area (Å²) in [6, 6.07) is 22.0. The van der Waals surface area contributed by atoms with Crippen LogP contribution in [-0.4, -0.2) is 38.1 Å². The first-order valence-electron chi connectivity index (χ1n) is 12.0. The molecule has 5 rings (SSSR count). The molecule has 2 heterocycles. The molecule has 9 heteroatoms. The number of rotatable bonds is 9. The van der Waals surface area contributed by atoms with Crippen molar-refractivity contribution in [3.63, 3.8) is 0 Å². The van der Waals surface area contributed by atoms with Crippen LogP contribution in [0.1, 0.15) is 29.9 Å². The zero-order valence-corrected chi connectivity index (χ0v) is 21.1. The number of fused-ring (bicyclic) bond motifs is 2. The summed E-state index contributed by atoms with van der Waals surface area (Å²) in [5, 5.41) is 13.6. The molecule has 1 aliphatic heterocycles. The number of sulfonamides is 1. The van der Waals surface area contributed by atoms with Gasteiger partial charge in [0.2, 0.25) is 0 Å². The fraction of sp³-hybridized carbons (Fsp3) is 0.214. The predicted molar refractivity (Wildman–Crippen MR) is 143 cm³/mol. The quantitative estimate of drug-likeness (QED) is 0.321. The van der Waals surface area contributed by atoms with Gasteiger partial charge in [0.05, 0.1) is 23.2 Å². The number of hydrogen-bond acceptors (Lipinski definition) is 6. The first-order chi connectivity index (χ1) is 17.8. The van der Waals surface area contributed by atoms with Crippen LogP contribution >= 0.6 is 0 Å². The minimum absolute atomic E-state index is 0.0375. The van der Waals surface area contributed by atoms with Gasteiger partial charge in [0.25, 0.3) is 10.0 Å². The monoisotopic (exact) mass is 517 g/mol. The van der Waals surface area contributed by atoms with E-state index in [0.717, 1.165) is 27.7 Å². The lowest BCUT2D eigenvalue weighted by molar-refractivity contribution is -0.137. The van der Waals surface area contributed by atoms with Crippen LogP contribution in [0.15, 0.2) is 83.9 Å². The van der Waals surface area contributed by atoms with Gasteiger partial charge in [-0.15, -0.1) is 0 Å². The Balaban J connectivity index is 1.33. The highest BCUT2D eigenvalue weighted by Crippen LogP contribution is 2.43. The van der Waals surface area contributed by atoms with E-state index < -0.39 is 16.0 Å². The third-order valence-corrected chi connectivity index (χ3v) is 8.44. The number of hydrogen-bond donors (Lipinski definition) is 2. The van der Waals surface area contributed by atoms with Gasteiger partial charge in [0.15, 0.2) is 0 Å². The van der Waals surface area contributed by atoms with Crippen LogP contribution < -0.4 is 14.4 Å². The minimum Gasteiger partial charge on any atom is -0.497 e. The van der Waals surface area contributed by atoms with Gasteiger partial charge in [-0.3, -0.25) is 14.1 Å². The zero-order chi connectivity index (χ0) is 26.0. The van der Waals surface area contributed by atoms with Crippen LogP contribution in [0, 0.1) is 0 Å². The number of methoxy groups -OCH3 is 1. The Morgan fingerprint density at radius 2 is 1.92 bits per heavy atom. The molecule has 0 bridgehead atoms. The number of anilines is 2. The minimum atomic E-state index is -3.83. The average Bonchev–Trinajstić information content (AvgIpc) is 3.29. The summed E-state index contributed by atoms with van der Waals surface area (Å²) >= 11 is 0. The molecule has 0 radical (unpaired) electrons. The number of aromatic nitrogens is 1. The Hall–Kier alpha value is -4.11. The van der Waals surface area contributed by atoms with Gasteiger partial charge in [0, 0.05) is 42.7 Å². The number of nitrogens with zero attached hydrogens (tertiary/aromatic N) is 2. The molecule has 2 N–H and O–H groups in total. The molecule has 1 atom stereocenters. The first kappa shape index (κ1) is 24.6. The summed E-state index contributed by atoms with van der Waals surface area (Å²) < 4.78 is 33.9. The van der Waals surface area contributed by atoms with E-state index in [0.29, 0.717) is 24.4 Å². The smallest absolute Gasteiger partial charge is 0.303 e. The van der Waals surface area contributed by atoms with E-state index in [-0.39, 0.29) is 23.8 Å². The number of carbonyl (C=O) groups is 1. The summed E-state index contributed by atoms with van der Waals surface area (Å²) in [6.07, 6.45) is 2.06. The Morgan fingerprint density at radius 1 is 1.11 bits per heavy atom. The van der Waals surface area contributed by atoms with Crippen LogP contribution in [0.2, 0.25) is 0 Å². The van der Waals surface area contributed by atoms with Gasteiger partial charge in [-0.2, -0.15) is 0 Å². The standard InChI is InChI=1S/C28H27N3O5S/c1-36-23-9-12-27-25(16-23)21(7-13-28(32)33)18-31(27)37(34,35)24-10-4-19(5-11-24)17-30-22-8-6-20-3-2-14-29-26(20)15-22/h2-6,8-12,14-16,21,30H,7,13,17-18H2,1H3,(H,32,33). The maximum Gasteiger partial charge on any atom is 0.303 e. The number of aliphatic carboxylic acids is 1. The van der Waals surface area contributed by atoms with Crippen molar-refractivity contribution in [2.24, 2.45) is 0 Å². The number of pyridine rings is 1. The van der Waals surface area contributed by atoms with Crippen molar-refractivity contribution in [3.05, 3.63) is 90.1 Å². The SMILES string of the molecule is COc1ccc2c(c1)C(CCC(=O)O)CN2S(=O)(=O)c1ccc(CNc2ccc3cccnc3c2)cc1. The third-order valence-electron chi connectivity index (χ3n) is 6.65. The van der Waals surface area contributed by atoms with E-state index in [1.807, 2.05) is 30.3 Å². The first-order valence-corrected chi connectivity index (χ1v) is 13.4. The molecule has 37 heavy (non-hydrogen) atoms. The molecule has 0 saturated heterocycles. The van der Waals surface area contributed by atoms with Gasteiger partial charge >= 0.3 is 5.97 Å². The molecule has 1 unspecified atom stereocenters. The van der Waals surface area contributed by atoms with Crippen molar-refractivity contribution in [3.8, 4) is 5.75 Å². The molecular weight excluding hydrogens is 490 g/mol. The molecule has 1 aromatic heterocycles. The Labute approximate surface area is 215 Å². The van der Waals surface area contributed by atoms with Crippen molar-refractivity contribution in [2.45, 2.75) is 30.2 Å². The molecule has 3 aromatic carbocycles. The van der Waals surface area contributed by atoms with Crippen molar-refractivity contribution in [1.82, 2.24) is 4.98 Å². The number of benzene rings is 3. The van der Waals surface area contributed by atoms with Crippen molar-refractivity contribution < 1.29 is 23.1 Å². The van der Waals surface area contributed by atoms with Crippen molar-refractivity contribution >= 4 is 38.3 Å². The summed E-state index contributed by atoms with van der Waals surface area (Å²) in [7, 11) is -2.29. The molecule has 190 valence electrons. The van der Waals surface area contributed by atoms with Gasteiger partial charge in [-0.1, -0.05) is 24.3 Å². The summed E-state index contributed by atoms with van der Waals surface area (Å²) in [4.78, 5) is 15.7. The topological polar surface area (TPSA) is 109 Å². The highest BCUT2D eigenvalue weighted by molar-refractivity contribution is 7.92. The van der Waals surface area contributed by atoms with E-state index in [1.54, 1.807) is 55.8 Å². The molecule has 0 spiro atoms. The maximum absolute atomic E-state index is 13.6. The van der Waals surface area contributed by atoms with Crippen LogP contribution in [0.25, 0.3) is 10.9 Å². The fourth-order valence-corrected chi connectivity index (χ4v) is 6.21. The lowest BCUT2D eigenvalue weighted by Crippen LogP contribution is -2.30. The molecular formula is C28H27N3O5S. The van der Waals surface area contributed by atoms with Crippen LogP contribution in [0.4, 0.5) is 11.4 Å². The maximum atomic E-state index is 13.6. The molecule has 0 aliphatic carbocycles. The second-order valence-electron chi connectivity index (χ2n) is 9.00. The molecule has 4 aromatic rings. The fourth-order valence-electron chi connectivity index (χ4n) is 4.67. The molecule has 1 aliphatic rings. The number of nitrogens with one attached hydrogen (secondary N) is 1. The highest BCUT2D eigenvalue weighted by atomic mass is 32.2. The highest BCUT2D eigenvalue weighted by Gasteiger charge is 2.37. The van der Waals surface area contributed by atoms with Crippen LogP contribution in [-0.2, 0) is 21.4 Å². The van der Waals surface area contributed by atoms with E-state index in [1.165, 1.54) is 4.31 Å². The molecule has 8 nitrogen and oxygen atoms in total. The Kier molecular flexibility index (Phi) is 6.71. The summed E-state index contributed by atoms with van der Waals surface area (Å²) in [6.45, 7) is 0.722. The van der Waals surface area contributed by atoms with Crippen LogP contribution in [0.3, 0.4) is 0 Å². The largest absolute Gasteiger partial charge is 0.497 e. The number of carboxylic acid groups (broad SMARTS) is 1. The van der Waals surface area contributed by atoms with Gasteiger partial charge in [0.1, 0.15) is 5.75 Å². The zero-order valence-electron chi connectivity index (χ0n) is 20.3. The number of carboxylic acids is 1.